The van der Waals surface area contributed by atoms with E-state index in [1.54, 1.807) is 0 Å². The Labute approximate surface area is 173 Å². The van der Waals surface area contributed by atoms with Crippen molar-refractivity contribution >= 4 is 21.8 Å². The van der Waals surface area contributed by atoms with Crippen LogP contribution in [0.15, 0.2) is 73.9 Å². The lowest BCUT2D eigenvalue weighted by molar-refractivity contribution is 0.0688. The summed E-state index contributed by atoms with van der Waals surface area (Å²) in [5.74, 6) is 0.0989. The minimum absolute atomic E-state index is 0.0367. The first-order valence-electron chi connectivity index (χ1n) is 9.67. The zero-order valence-corrected chi connectivity index (χ0v) is 16.2. The molecule has 2 aromatic heterocycles. The fraction of sp³-hybridized carbons (Fsp3) is 0.182. The van der Waals surface area contributed by atoms with Crippen LogP contribution in [-0.2, 0) is 22.4 Å². The summed E-state index contributed by atoms with van der Waals surface area (Å²) in [6, 6.07) is 9.52. The van der Waals surface area contributed by atoms with E-state index >= 15 is 0 Å². The molecule has 2 aromatic carbocycles. The van der Waals surface area contributed by atoms with Crippen LogP contribution in [0.2, 0.25) is 0 Å². The minimum Gasteiger partial charge on any atom is -0.462 e. The van der Waals surface area contributed by atoms with Gasteiger partial charge in [-0.15, -0.1) is 0 Å². The third kappa shape index (κ3) is 3.02. The maximum Gasteiger partial charge on any atom is 0.265 e. The number of H-pyrrole nitrogens is 2. The lowest BCUT2D eigenvalue weighted by Gasteiger charge is -2.17. The van der Waals surface area contributed by atoms with Crippen molar-refractivity contribution < 1.29 is 9.47 Å². The standard InChI is InChI=1S/C22H17N3O6/c26-19-15-16(20(27)18-17(19)23-6-7-24-18)22(29)25(21(15)28)9-13(14-10-30-11-31-14)8-12-4-2-1-3-5-12/h1-7,10,13,23-24H,8-9,11H2. The lowest BCUT2D eigenvalue weighted by atomic mass is 9.97. The number of hydrogen-bond acceptors (Lipinski definition) is 6. The van der Waals surface area contributed by atoms with Gasteiger partial charge in [0.05, 0.1) is 0 Å². The molecule has 0 saturated heterocycles. The molecule has 3 heterocycles. The lowest BCUT2D eigenvalue weighted by Crippen LogP contribution is -2.31. The van der Waals surface area contributed by atoms with E-state index in [1.165, 1.54) is 18.7 Å². The largest absolute Gasteiger partial charge is 0.462 e. The van der Waals surface area contributed by atoms with E-state index in [-0.39, 0.29) is 24.4 Å². The second kappa shape index (κ2) is 7.28. The average molecular weight is 419 g/mol. The van der Waals surface area contributed by atoms with Crippen molar-refractivity contribution in [2.24, 2.45) is 5.92 Å². The summed E-state index contributed by atoms with van der Waals surface area (Å²) in [7, 11) is 0. The molecule has 0 spiro atoms. The molecule has 1 aliphatic rings. The molecule has 156 valence electrons. The van der Waals surface area contributed by atoms with Gasteiger partial charge in [0, 0.05) is 24.9 Å². The Balaban J connectivity index is 1.68. The Morgan fingerprint density at radius 1 is 0.903 bits per heavy atom. The number of aromatic nitrogens is 3. The second-order valence-corrected chi connectivity index (χ2v) is 7.34. The summed E-state index contributed by atoms with van der Waals surface area (Å²) in [6.07, 6.45) is 4.81. The summed E-state index contributed by atoms with van der Waals surface area (Å²) in [6.45, 7) is -0.00565. The summed E-state index contributed by atoms with van der Waals surface area (Å²) in [5.41, 5.74) is -2.01. The number of allylic oxidation sites excluding steroid dienone is 1. The molecule has 1 unspecified atom stereocenters. The van der Waals surface area contributed by atoms with Gasteiger partial charge in [-0.05, 0) is 12.0 Å². The number of ether oxygens (including phenoxy) is 2. The number of aromatic amines is 2. The number of hydrogen-bond donors (Lipinski definition) is 2. The first-order valence-corrected chi connectivity index (χ1v) is 9.67. The van der Waals surface area contributed by atoms with Crippen molar-refractivity contribution in [2.45, 2.75) is 13.0 Å². The zero-order valence-electron chi connectivity index (χ0n) is 16.2. The van der Waals surface area contributed by atoms with Crippen molar-refractivity contribution in [3.05, 3.63) is 101 Å². The number of nitrogens with one attached hydrogen (secondary N) is 2. The van der Waals surface area contributed by atoms with Crippen molar-refractivity contribution in [1.82, 2.24) is 14.5 Å². The molecular formula is C22H17N3O6. The summed E-state index contributed by atoms with van der Waals surface area (Å²) in [4.78, 5) is 57.3. The number of benzene rings is 2. The molecule has 31 heavy (non-hydrogen) atoms. The van der Waals surface area contributed by atoms with Crippen LogP contribution in [0.1, 0.15) is 5.56 Å². The van der Waals surface area contributed by atoms with E-state index in [1.807, 2.05) is 30.3 Å². The van der Waals surface area contributed by atoms with E-state index in [0.29, 0.717) is 12.2 Å². The van der Waals surface area contributed by atoms with Crippen LogP contribution in [0.3, 0.4) is 0 Å². The Morgan fingerprint density at radius 3 is 2.06 bits per heavy atom. The van der Waals surface area contributed by atoms with Crippen molar-refractivity contribution in [2.75, 3.05) is 6.79 Å². The van der Waals surface area contributed by atoms with Crippen molar-refractivity contribution in [3.8, 4) is 0 Å². The molecule has 0 fully saturated rings. The van der Waals surface area contributed by atoms with Crippen LogP contribution >= 0.6 is 0 Å². The van der Waals surface area contributed by atoms with Crippen LogP contribution < -0.4 is 22.0 Å². The highest BCUT2D eigenvalue weighted by molar-refractivity contribution is 5.93. The molecule has 0 saturated carbocycles. The second-order valence-electron chi connectivity index (χ2n) is 7.34. The van der Waals surface area contributed by atoms with Gasteiger partial charge in [-0.25, -0.2) is 0 Å². The van der Waals surface area contributed by atoms with Crippen LogP contribution in [0, 0.1) is 5.92 Å². The molecule has 2 N–H and O–H groups in total. The predicted molar refractivity (Wildman–Crippen MR) is 113 cm³/mol. The summed E-state index contributed by atoms with van der Waals surface area (Å²) in [5, 5.41) is -0.788. The molecule has 9 heteroatoms. The molecular weight excluding hydrogens is 402 g/mol. The van der Waals surface area contributed by atoms with Gasteiger partial charge in [0.2, 0.25) is 17.7 Å². The SMILES string of the molecule is O=c1c2[nH]cc[nH]c2c(=O)c2c(=O)n(CC(Cc3ccccc3)C3=COCO3)c(=O)c12. The quantitative estimate of drug-likeness (QED) is 0.498. The van der Waals surface area contributed by atoms with Crippen molar-refractivity contribution in [3.63, 3.8) is 0 Å². The molecule has 0 bridgehead atoms. The molecule has 1 aliphatic heterocycles. The van der Waals surface area contributed by atoms with Crippen LogP contribution in [-0.4, -0.2) is 21.3 Å². The highest BCUT2D eigenvalue weighted by Gasteiger charge is 2.27. The molecule has 0 radical (unpaired) electrons. The maximum absolute atomic E-state index is 13.1. The first-order chi connectivity index (χ1) is 15.1. The van der Waals surface area contributed by atoms with Crippen molar-refractivity contribution in [1.29, 1.82) is 0 Å². The molecule has 5 rings (SSSR count). The molecule has 0 aliphatic carbocycles. The van der Waals surface area contributed by atoms with E-state index in [4.69, 9.17) is 9.47 Å². The van der Waals surface area contributed by atoms with Crippen LogP contribution in [0.25, 0.3) is 21.8 Å². The molecule has 1 atom stereocenters. The highest BCUT2D eigenvalue weighted by Crippen LogP contribution is 2.23. The monoisotopic (exact) mass is 419 g/mol. The first kappa shape index (κ1) is 18.9. The Kier molecular flexibility index (Phi) is 4.43. The van der Waals surface area contributed by atoms with Gasteiger partial charge in [0.1, 0.15) is 33.8 Å². The average Bonchev–Trinajstić information content (AvgIpc) is 3.41. The summed E-state index contributed by atoms with van der Waals surface area (Å²) >= 11 is 0. The Hall–Kier alpha value is -4.14. The third-order valence-electron chi connectivity index (χ3n) is 5.49. The third-order valence-corrected chi connectivity index (χ3v) is 5.49. The van der Waals surface area contributed by atoms with Gasteiger partial charge >= 0.3 is 0 Å². The minimum atomic E-state index is -0.779. The topological polar surface area (TPSA) is 123 Å². The van der Waals surface area contributed by atoms with E-state index in [0.717, 1.165) is 10.1 Å². The molecule has 9 nitrogen and oxygen atoms in total. The fourth-order valence-corrected chi connectivity index (χ4v) is 4.01. The Bertz CT molecular complexity index is 1470. The number of fused-ring (bicyclic) bond motifs is 2. The van der Waals surface area contributed by atoms with Gasteiger partial charge in [0.25, 0.3) is 11.1 Å². The van der Waals surface area contributed by atoms with Gasteiger partial charge in [0.15, 0.2) is 0 Å². The van der Waals surface area contributed by atoms with E-state index < -0.39 is 38.7 Å². The highest BCUT2D eigenvalue weighted by atomic mass is 16.7. The zero-order chi connectivity index (χ0) is 21.5. The Morgan fingerprint density at radius 2 is 1.52 bits per heavy atom. The van der Waals surface area contributed by atoms with Crippen LogP contribution in [0.5, 0.6) is 0 Å². The fourth-order valence-electron chi connectivity index (χ4n) is 4.01. The van der Waals surface area contributed by atoms with Crippen LogP contribution in [0.4, 0.5) is 0 Å². The van der Waals surface area contributed by atoms with Gasteiger partial charge in [-0.3, -0.25) is 23.7 Å². The van der Waals surface area contributed by atoms with Gasteiger partial charge in [-0.2, -0.15) is 0 Å². The maximum atomic E-state index is 13.1. The smallest absolute Gasteiger partial charge is 0.265 e. The number of nitrogens with zero attached hydrogens (tertiary/aromatic N) is 1. The predicted octanol–water partition coefficient (Wildman–Crippen LogP) is 1.03. The molecule has 4 aromatic rings. The number of rotatable bonds is 5. The van der Waals surface area contributed by atoms with Gasteiger partial charge < -0.3 is 19.4 Å². The summed E-state index contributed by atoms with van der Waals surface area (Å²) < 4.78 is 11.6. The van der Waals surface area contributed by atoms with E-state index in [9.17, 15) is 19.2 Å². The normalized spacial score (nSPS) is 14.4. The van der Waals surface area contributed by atoms with Gasteiger partial charge in [-0.1, -0.05) is 30.3 Å². The molecule has 0 amide bonds. The van der Waals surface area contributed by atoms with E-state index in [2.05, 4.69) is 9.97 Å².